The van der Waals surface area contributed by atoms with E-state index in [0.717, 1.165) is 24.0 Å². The number of rotatable bonds is 6. The Hall–Kier alpha value is -2.62. The largest absolute Gasteiger partial charge is 0.497 e. The number of nitrogens with one attached hydrogen (secondary N) is 1. The van der Waals surface area contributed by atoms with Crippen LogP contribution in [-0.2, 0) is 6.42 Å². The van der Waals surface area contributed by atoms with Gasteiger partial charge in [-0.1, -0.05) is 24.3 Å². The van der Waals surface area contributed by atoms with E-state index in [1.165, 1.54) is 0 Å². The Morgan fingerprint density at radius 1 is 1.19 bits per heavy atom. The van der Waals surface area contributed by atoms with E-state index in [0.29, 0.717) is 17.7 Å². The lowest BCUT2D eigenvalue weighted by molar-refractivity contribution is 0.0954. The first-order chi connectivity index (χ1) is 10.2. The predicted octanol–water partition coefficient (Wildman–Crippen LogP) is 2.48. The van der Waals surface area contributed by atoms with Crippen LogP contribution in [0.5, 0.6) is 5.75 Å². The molecule has 0 radical (unpaired) electrons. The maximum Gasteiger partial charge on any atom is 0.251 e. The topological polar surface area (TPSA) is 55.4 Å². The van der Waals surface area contributed by atoms with E-state index >= 15 is 0 Å². The molecule has 0 spiro atoms. The average Bonchev–Trinajstić information content (AvgIpc) is 2.55. The minimum Gasteiger partial charge on any atom is -0.497 e. The number of aldehydes is 1. The van der Waals surface area contributed by atoms with E-state index in [1.807, 2.05) is 24.3 Å². The van der Waals surface area contributed by atoms with Gasteiger partial charge in [0.1, 0.15) is 12.0 Å². The molecular formula is C17H17NO3. The van der Waals surface area contributed by atoms with Gasteiger partial charge >= 0.3 is 0 Å². The Kier molecular flexibility index (Phi) is 5.10. The van der Waals surface area contributed by atoms with Gasteiger partial charge in [-0.2, -0.15) is 0 Å². The van der Waals surface area contributed by atoms with Gasteiger partial charge in [-0.15, -0.1) is 0 Å². The summed E-state index contributed by atoms with van der Waals surface area (Å²) < 4.78 is 5.09. The Bertz CT molecular complexity index is 620. The molecule has 0 fully saturated rings. The molecule has 108 valence electrons. The molecular weight excluding hydrogens is 266 g/mol. The highest BCUT2D eigenvalue weighted by atomic mass is 16.5. The number of benzene rings is 2. The molecule has 0 aromatic heterocycles. The first kappa shape index (κ1) is 14.8. The highest BCUT2D eigenvalue weighted by Gasteiger charge is 2.05. The average molecular weight is 283 g/mol. The number of carbonyl (C=O) groups excluding carboxylic acids is 2. The summed E-state index contributed by atoms with van der Waals surface area (Å²) in [6, 6.07) is 14.4. The van der Waals surface area contributed by atoms with Gasteiger partial charge in [0.15, 0.2) is 0 Å². The maximum absolute atomic E-state index is 12.0. The first-order valence-corrected chi connectivity index (χ1v) is 6.69. The van der Waals surface area contributed by atoms with Crippen molar-refractivity contribution in [2.45, 2.75) is 6.42 Å². The predicted molar refractivity (Wildman–Crippen MR) is 80.9 cm³/mol. The fourth-order valence-corrected chi connectivity index (χ4v) is 1.97. The molecule has 0 saturated carbocycles. The quantitative estimate of drug-likeness (QED) is 0.829. The molecule has 0 unspecified atom stereocenters. The van der Waals surface area contributed by atoms with E-state index in [-0.39, 0.29) is 5.91 Å². The summed E-state index contributed by atoms with van der Waals surface area (Å²) in [5, 5.41) is 2.84. The molecule has 0 aliphatic heterocycles. The van der Waals surface area contributed by atoms with Crippen molar-refractivity contribution < 1.29 is 14.3 Å². The lowest BCUT2D eigenvalue weighted by Crippen LogP contribution is -2.25. The van der Waals surface area contributed by atoms with Crippen LogP contribution in [0.15, 0.2) is 48.5 Å². The van der Waals surface area contributed by atoms with Gasteiger partial charge in [-0.05, 0) is 36.2 Å². The zero-order valence-corrected chi connectivity index (χ0v) is 11.8. The van der Waals surface area contributed by atoms with Crippen LogP contribution in [0.4, 0.5) is 0 Å². The fraction of sp³-hybridized carbons (Fsp3) is 0.176. The summed E-state index contributed by atoms with van der Waals surface area (Å²) in [4.78, 5) is 22.6. The van der Waals surface area contributed by atoms with Gasteiger partial charge in [0.2, 0.25) is 0 Å². The second-order valence-electron chi connectivity index (χ2n) is 4.60. The number of ether oxygens (including phenoxy) is 1. The highest BCUT2D eigenvalue weighted by Crippen LogP contribution is 2.11. The molecule has 0 bridgehead atoms. The van der Waals surface area contributed by atoms with Crippen LogP contribution in [-0.4, -0.2) is 25.8 Å². The molecule has 0 aliphatic rings. The Morgan fingerprint density at radius 3 is 2.62 bits per heavy atom. The number of hydrogen-bond acceptors (Lipinski definition) is 3. The van der Waals surface area contributed by atoms with Gasteiger partial charge in [-0.3, -0.25) is 9.59 Å². The normalized spacial score (nSPS) is 9.95. The molecule has 0 atom stereocenters. The third kappa shape index (κ3) is 4.18. The van der Waals surface area contributed by atoms with Crippen molar-refractivity contribution in [3.63, 3.8) is 0 Å². The molecule has 2 aromatic rings. The second-order valence-corrected chi connectivity index (χ2v) is 4.60. The highest BCUT2D eigenvalue weighted by molar-refractivity contribution is 5.95. The van der Waals surface area contributed by atoms with Crippen LogP contribution < -0.4 is 10.1 Å². The second kappa shape index (κ2) is 7.24. The molecule has 4 heteroatoms. The maximum atomic E-state index is 12.0. The third-order valence-electron chi connectivity index (χ3n) is 3.14. The summed E-state index contributed by atoms with van der Waals surface area (Å²) in [6.07, 6.45) is 1.47. The SMILES string of the molecule is COc1ccc(CCNC(=O)c2cccc(C=O)c2)cc1. The summed E-state index contributed by atoms with van der Waals surface area (Å²) in [7, 11) is 1.63. The minimum absolute atomic E-state index is 0.174. The van der Waals surface area contributed by atoms with Crippen LogP contribution in [0.2, 0.25) is 0 Å². The van der Waals surface area contributed by atoms with Crippen molar-refractivity contribution in [1.82, 2.24) is 5.32 Å². The molecule has 2 rings (SSSR count). The van der Waals surface area contributed by atoms with E-state index in [9.17, 15) is 9.59 Å². The van der Waals surface area contributed by atoms with Crippen LogP contribution in [0.25, 0.3) is 0 Å². The Morgan fingerprint density at radius 2 is 1.95 bits per heavy atom. The van der Waals surface area contributed by atoms with Crippen LogP contribution in [0, 0.1) is 0 Å². The number of hydrogen-bond donors (Lipinski definition) is 1. The smallest absolute Gasteiger partial charge is 0.251 e. The van der Waals surface area contributed by atoms with Crippen molar-refractivity contribution in [3.05, 3.63) is 65.2 Å². The summed E-state index contributed by atoms with van der Waals surface area (Å²) in [5.41, 5.74) is 2.12. The third-order valence-corrected chi connectivity index (χ3v) is 3.14. The molecule has 1 N–H and O–H groups in total. The summed E-state index contributed by atoms with van der Waals surface area (Å²) >= 11 is 0. The number of amides is 1. The van der Waals surface area contributed by atoms with Crippen molar-refractivity contribution in [1.29, 1.82) is 0 Å². The molecule has 0 aliphatic carbocycles. The lowest BCUT2D eigenvalue weighted by Gasteiger charge is -2.06. The standard InChI is InChI=1S/C17H17NO3/c1-21-16-7-5-13(6-8-16)9-10-18-17(20)15-4-2-3-14(11-15)12-19/h2-8,11-12H,9-10H2,1H3,(H,18,20). The van der Waals surface area contributed by atoms with Gasteiger partial charge in [-0.25, -0.2) is 0 Å². The zero-order chi connectivity index (χ0) is 15.1. The van der Waals surface area contributed by atoms with Crippen LogP contribution in [0.1, 0.15) is 26.3 Å². The molecule has 4 nitrogen and oxygen atoms in total. The Balaban J connectivity index is 1.87. The molecule has 2 aromatic carbocycles. The van der Waals surface area contributed by atoms with E-state index in [2.05, 4.69) is 5.32 Å². The molecule has 0 heterocycles. The summed E-state index contributed by atoms with van der Waals surface area (Å²) in [5.74, 6) is 0.640. The van der Waals surface area contributed by atoms with Gasteiger partial charge in [0.25, 0.3) is 5.91 Å². The van der Waals surface area contributed by atoms with Crippen molar-refractivity contribution >= 4 is 12.2 Å². The van der Waals surface area contributed by atoms with Crippen LogP contribution >= 0.6 is 0 Å². The molecule has 1 amide bonds. The van der Waals surface area contributed by atoms with Gasteiger partial charge in [0.05, 0.1) is 7.11 Å². The van der Waals surface area contributed by atoms with Crippen LogP contribution in [0.3, 0.4) is 0 Å². The van der Waals surface area contributed by atoms with Gasteiger partial charge < -0.3 is 10.1 Å². The van der Waals surface area contributed by atoms with E-state index in [4.69, 9.17) is 4.74 Å². The lowest BCUT2D eigenvalue weighted by atomic mass is 10.1. The van der Waals surface area contributed by atoms with Gasteiger partial charge in [0, 0.05) is 17.7 Å². The zero-order valence-electron chi connectivity index (χ0n) is 11.8. The number of carbonyl (C=O) groups is 2. The fourth-order valence-electron chi connectivity index (χ4n) is 1.97. The van der Waals surface area contributed by atoms with Crippen molar-refractivity contribution in [2.75, 3.05) is 13.7 Å². The Labute approximate surface area is 123 Å². The molecule has 0 saturated heterocycles. The van der Waals surface area contributed by atoms with Crippen molar-refractivity contribution in [3.8, 4) is 5.75 Å². The summed E-state index contributed by atoms with van der Waals surface area (Å²) in [6.45, 7) is 0.538. The monoisotopic (exact) mass is 283 g/mol. The number of methoxy groups -OCH3 is 1. The van der Waals surface area contributed by atoms with E-state index < -0.39 is 0 Å². The van der Waals surface area contributed by atoms with E-state index in [1.54, 1.807) is 31.4 Å². The minimum atomic E-state index is -0.174. The molecule has 21 heavy (non-hydrogen) atoms. The first-order valence-electron chi connectivity index (χ1n) is 6.69. The van der Waals surface area contributed by atoms with Crippen molar-refractivity contribution in [2.24, 2.45) is 0 Å².